The van der Waals surface area contributed by atoms with Crippen molar-refractivity contribution in [2.45, 2.75) is 26.8 Å². The van der Waals surface area contributed by atoms with Gasteiger partial charge in [-0.25, -0.2) is 15.0 Å². The molecule has 0 saturated heterocycles. The number of fused-ring (bicyclic) bond motifs is 2. The Kier molecular flexibility index (Phi) is 2.75. The summed E-state index contributed by atoms with van der Waals surface area (Å²) in [6.07, 6.45) is 4.47. The standard InChI is InChI=1S/C16H17N5/c1-10-5-14-15(6-11(10)2)21(9-20-14)16-12-7-17-4-3-13(12)18-8-19-16/h5-6,8-9,17H,3-4,7H2,1-2H3. The number of benzene rings is 1. The molecular weight excluding hydrogens is 262 g/mol. The second-order valence-corrected chi connectivity index (χ2v) is 5.59. The third-order valence-corrected chi connectivity index (χ3v) is 4.24. The highest BCUT2D eigenvalue weighted by Crippen LogP contribution is 2.24. The number of aromatic nitrogens is 4. The first-order valence-corrected chi connectivity index (χ1v) is 7.22. The first kappa shape index (κ1) is 12.5. The Morgan fingerprint density at radius 2 is 1.95 bits per heavy atom. The minimum atomic E-state index is 0.815. The molecule has 21 heavy (non-hydrogen) atoms. The van der Waals surface area contributed by atoms with E-state index in [1.165, 1.54) is 16.7 Å². The molecule has 1 N–H and O–H groups in total. The highest BCUT2D eigenvalue weighted by atomic mass is 15.1. The van der Waals surface area contributed by atoms with E-state index in [1.54, 1.807) is 6.33 Å². The molecule has 106 valence electrons. The summed E-state index contributed by atoms with van der Waals surface area (Å²) in [5.41, 5.74) is 6.97. The van der Waals surface area contributed by atoms with Crippen molar-refractivity contribution in [2.75, 3.05) is 6.54 Å². The van der Waals surface area contributed by atoms with Crippen LogP contribution in [-0.4, -0.2) is 26.1 Å². The summed E-state index contributed by atoms with van der Waals surface area (Å²) in [7, 11) is 0. The minimum Gasteiger partial charge on any atom is -0.312 e. The zero-order chi connectivity index (χ0) is 14.4. The van der Waals surface area contributed by atoms with E-state index in [9.17, 15) is 0 Å². The molecule has 0 atom stereocenters. The van der Waals surface area contributed by atoms with Gasteiger partial charge in [0.15, 0.2) is 0 Å². The average molecular weight is 279 g/mol. The third-order valence-electron chi connectivity index (χ3n) is 4.24. The van der Waals surface area contributed by atoms with Crippen LogP contribution in [0.5, 0.6) is 0 Å². The Morgan fingerprint density at radius 3 is 2.86 bits per heavy atom. The molecule has 5 heteroatoms. The van der Waals surface area contributed by atoms with Crippen LogP contribution in [-0.2, 0) is 13.0 Å². The van der Waals surface area contributed by atoms with E-state index < -0.39 is 0 Å². The van der Waals surface area contributed by atoms with Crippen LogP contribution in [0.25, 0.3) is 16.9 Å². The van der Waals surface area contributed by atoms with Gasteiger partial charge in [-0.05, 0) is 37.1 Å². The lowest BCUT2D eigenvalue weighted by Gasteiger charge is -2.19. The van der Waals surface area contributed by atoms with Gasteiger partial charge in [-0.15, -0.1) is 0 Å². The lowest BCUT2D eigenvalue weighted by atomic mass is 10.1. The van der Waals surface area contributed by atoms with Gasteiger partial charge in [-0.3, -0.25) is 4.57 Å². The average Bonchev–Trinajstić information content (AvgIpc) is 2.90. The predicted octanol–water partition coefficient (Wildman–Crippen LogP) is 2.08. The first-order valence-electron chi connectivity index (χ1n) is 7.22. The van der Waals surface area contributed by atoms with Crippen LogP contribution in [0.3, 0.4) is 0 Å². The second kappa shape index (κ2) is 4.63. The maximum atomic E-state index is 4.53. The number of hydrogen-bond donors (Lipinski definition) is 1. The predicted molar refractivity (Wildman–Crippen MR) is 81.5 cm³/mol. The van der Waals surface area contributed by atoms with Crippen molar-refractivity contribution in [3.63, 3.8) is 0 Å². The summed E-state index contributed by atoms with van der Waals surface area (Å²) in [5.74, 6) is 0.943. The molecule has 1 aliphatic rings. The van der Waals surface area contributed by atoms with E-state index in [1.807, 2.05) is 6.33 Å². The molecule has 2 aromatic heterocycles. The molecular formula is C16H17N5. The number of nitrogens with zero attached hydrogens (tertiary/aromatic N) is 4. The zero-order valence-electron chi connectivity index (χ0n) is 12.2. The van der Waals surface area contributed by atoms with E-state index in [2.05, 4.69) is 50.8 Å². The van der Waals surface area contributed by atoms with E-state index >= 15 is 0 Å². The van der Waals surface area contributed by atoms with Gasteiger partial charge in [0.05, 0.1) is 16.7 Å². The van der Waals surface area contributed by atoms with E-state index in [4.69, 9.17) is 0 Å². The van der Waals surface area contributed by atoms with Gasteiger partial charge in [0, 0.05) is 25.1 Å². The van der Waals surface area contributed by atoms with Crippen LogP contribution in [0.15, 0.2) is 24.8 Å². The largest absolute Gasteiger partial charge is 0.312 e. The number of hydrogen-bond acceptors (Lipinski definition) is 4. The highest BCUT2D eigenvalue weighted by Gasteiger charge is 2.17. The number of imidazole rings is 1. The molecule has 1 aromatic carbocycles. The zero-order valence-corrected chi connectivity index (χ0v) is 12.2. The van der Waals surface area contributed by atoms with Gasteiger partial charge in [0.2, 0.25) is 0 Å². The van der Waals surface area contributed by atoms with Crippen LogP contribution in [0.4, 0.5) is 0 Å². The molecule has 1 aliphatic heterocycles. The van der Waals surface area contributed by atoms with Crippen molar-refractivity contribution in [1.29, 1.82) is 0 Å². The van der Waals surface area contributed by atoms with Gasteiger partial charge in [0.25, 0.3) is 0 Å². The molecule has 0 radical (unpaired) electrons. The summed E-state index contributed by atoms with van der Waals surface area (Å²) in [4.78, 5) is 13.5. The van der Waals surface area contributed by atoms with E-state index in [-0.39, 0.29) is 0 Å². The number of nitrogens with one attached hydrogen (secondary N) is 1. The first-order chi connectivity index (χ1) is 10.2. The molecule has 0 saturated carbocycles. The van der Waals surface area contributed by atoms with Crippen LogP contribution >= 0.6 is 0 Å². The van der Waals surface area contributed by atoms with Crippen molar-refractivity contribution in [3.05, 3.63) is 47.2 Å². The molecule has 0 aliphatic carbocycles. The molecule has 3 heterocycles. The second-order valence-electron chi connectivity index (χ2n) is 5.59. The fraction of sp³-hybridized carbons (Fsp3) is 0.312. The maximum Gasteiger partial charge on any atom is 0.146 e. The van der Waals surface area contributed by atoms with Crippen molar-refractivity contribution >= 4 is 11.0 Å². The topological polar surface area (TPSA) is 55.6 Å². The summed E-state index contributed by atoms with van der Waals surface area (Å²) in [6.45, 7) is 6.04. The Balaban J connectivity index is 1.97. The van der Waals surface area contributed by atoms with Gasteiger partial charge >= 0.3 is 0 Å². The molecule has 3 aromatic rings. The Labute approximate surface area is 123 Å². The van der Waals surface area contributed by atoms with Gasteiger partial charge < -0.3 is 5.32 Å². The monoisotopic (exact) mass is 279 g/mol. The molecule has 4 rings (SSSR count). The van der Waals surface area contributed by atoms with Crippen molar-refractivity contribution < 1.29 is 0 Å². The smallest absolute Gasteiger partial charge is 0.146 e. The summed E-state index contributed by atoms with van der Waals surface area (Å²) >= 11 is 0. The fourth-order valence-corrected chi connectivity index (χ4v) is 2.90. The SMILES string of the molecule is Cc1cc2ncn(-c3ncnc4c3CNCC4)c2cc1C. The lowest BCUT2D eigenvalue weighted by Crippen LogP contribution is -2.26. The van der Waals surface area contributed by atoms with Gasteiger partial charge in [0.1, 0.15) is 18.5 Å². The van der Waals surface area contributed by atoms with Gasteiger partial charge in [-0.1, -0.05) is 0 Å². The molecule has 0 fully saturated rings. The summed E-state index contributed by atoms with van der Waals surface area (Å²) < 4.78 is 2.08. The van der Waals surface area contributed by atoms with Crippen LogP contribution in [0.1, 0.15) is 22.4 Å². The maximum absolute atomic E-state index is 4.53. The Morgan fingerprint density at radius 1 is 1.10 bits per heavy atom. The van der Waals surface area contributed by atoms with Gasteiger partial charge in [-0.2, -0.15) is 0 Å². The lowest BCUT2D eigenvalue weighted by molar-refractivity contribution is 0.621. The number of rotatable bonds is 1. The molecule has 0 spiro atoms. The Bertz CT molecular complexity index is 834. The summed E-state index contributed by atoms with van der Waals surface area (Å²) in [5, 5.41) is 3.40. The number of aryl methyl sites for hydroxylation is 2. The third kappa shape index (κ3) is 1.93. The van der Waals surface area contributed by atoms with Crippen molar-refractivity contribution in [2.24, 2.45) is 0 Å². The normalized spacial score (nSPS) is 14.4. The quantitative estimate of drug-likeness (QED) is 0.741. The van der Waals surface area contributed by atoms with Crippen molar-refractivity contribution in [3.8, 4) is 5.82 Å². The fourth-order valence-electron chi connectivity index (χ4n) is 2.90. The van der Waals surface area contributed by atoms with Crippen molar-refractivity contribution in [1.82, 2.24) is 24.8 Å². The minimum absolute atomic E-state index is 0.815. The van der Waals surface area contributed by atoms with Crippen LogP contribution < -0.4 is 5.32 Å². The molecule has 0 unspecified atom stereocenters. The van der Waals surface area contributed by atoms with E-state index in [0.717, 1.165) is 42.1 Å². The molecule has 0 amide bonds. The molecule has 0 bridgehead atoms. The van der Waals surface area contributed by atoms with E-state index in [0.29, 0.717) is 0 Å². The van der Waals surface area contributed by atoms with Crippen LogP contribution in [0.2, 0.25) is 0 Å². The summed E-state index contributed by atoms with van der Waals surface area (Å²) in [6, 6.07) is 4.31. The van der Waals surface area contributed by atoms with Crippen LogP contribution in [0, 0.1) is 13.8 Å². The highest BCUT2D eigenvalue weighted by molar-refractivity contribution is 5.79. The Hall–Kier alpha value is -2.27. The molecule has 5 nitrogen and oxygen atoms in total.